The van der Waals surface area contributed by atoms with Crippen molar-refractivity contribution < 1.29 is 9.63 Å². The van der Waals surface area contributed by atoms with Crippen LogP contribution in [0.15, 0.2) is 4.52 Å². The molecule has 0 amide bonds. The first-order chi connectivity index (χ1) is 4.83. The molecule has 0 unspecified atom stereocenters. The number of aliphatic hydroxyl groups excluding tert-OH is 1. The van der Waals surface area contributed by atoms with Gasteiger partial charge in [-0.25, -0.2) is 0 Å². The summed E-state index contributed by atoms with van der Waals surface area (Å²) in [6.07, 6.45) is 8.00. The first-order valence-corrected chi connectivity index (χ1v) is 2.56. The molecule has 4 nitrogen and oxygen atoms in total. The van der Waals surface area contributed by atoms with Crippen molar-refractivity contribution in [3.8, 4) is 12.8 Å². The van der Waals surface area contributed by atoms with Crippen LogP contribution in [-0.4, -0.2) is 15.2 Å². The Morgan fingerprint density at radius 3 is 2.40 bits per heavy atom. The summed E-state index contributed by atoms with van der Waals surface area (Å²) in [4.78, 5) is 3.70. The van der Waals surface area contributed by atoms with Crippen LogP contribution >= 0.6 is 0 Å². The maximum absolute atomic E-state index is 8.35. The third kappa shape index (κ3) is 2.29. The van der Waals surface area contributed by atoms with E-state index in [4.69, 9.17) is 5.11 Å². The molecule has 0 saturated heterocycles. The van der Waals surface area contributed by atoms with Crippen LogP contribution in [0.1, 0.15) is 11.7 Å². The van der Waals surface area contributed by atoms with E-state index >= 15 is 0 Å². The number of rotatable bonds is 1. The summed E-state index contributed by atoms with van der Waals surface area (Å²) in [5, 5.41) is 11.8. The fourth-order valence-electron chi connectivity index (χ4n) is 0.404. The van der Waals surface area contributed by atoms with Crippen LogP contribution in [0.5, 0.6) is 0 Å². The summed E-state index contributed by atoms with van der Waals surface area (Å²) in [5.41, 5.74) is 0. The molecule has 54 valence electrons. The monoisotopic (exact) mass is 140 g/mol. The first kappa shape index (κ1) is 8.66. The number of aryl methyl sites for hydroxylation is 1. The lowest BCUT2D eigenvalue weighted by Crippen LogP contribution is -1.80. The Morgan fingerprint density at radius 1 is 1.60 bits per heavy atom. The first-order valence-electron chi connectivity index (χ1n) is 2.56. The molecule has 0 aliphatic rings. The van der Waals surface area contributed by atoms with Crippen molar-refractivity contribution in [2.45, 2.75) is 13.5 Å². The molecule has 0 radical (unpaired) electrons. The second kappa shape index (κ2) is 4.53. The standard InChI is InChI=1S/C4H6N2O2.C2H2/c1-3-5-4(2-7)8-6-3;1-2/h7H,2H2,1H3;1-2H. The van der Waals surface area contributed by atoms with E-state index < -0.39 is 0 Å². The van der Waals surface area contributed by atoms with Gasteiger partial charge in [-0.15, -0.1) is 12.8 Å². The zero-order valence-electron chi connectivity index (χ0n) is 5.61. The van der Waals surface area contributed by atoms with Gasteiger partial charge in [-0.1, -0.05) is 5.16 Å². The maximum atomic E-state index is 8.35. The molecular weight excluding hydrogens is 132 g/mol. The molecule has 1 aromatic rings. The van der Waals surface area contributed by atoms with Gasteiger partial charge in [0, 0.05) is 0 Å². The zero-order chi connectivity index (χ0) is 7.98. The fraction of sp³-hybridized carbons (Fsp3) is 0.333. The fourth-order valence-corrected chi connectivity index (χ4v) is 0.404. The summed E-state index contributed by atoms with van der Waals surface area (Å²) in [6, 6.07) is 0. The van der Waals surface area contributed by atoms with Gasteiger partial charge in [-0.05, 0) is 6.92 Å². The van der Waals surface area contributed by atoms with E-state index in [0.29, 0.717) is 5.82 Å². The Bertz CT molecular complexity index is 205. The largest absolute Gasteiger partial charge is 0.387 e. The van der Waals surface area contributed by atoms with Crippen LogP contribution in [0.2, 0.25) is 0 Å². The Hall–Kier alpha value is -1.34. The van der Waals surface area contributed by atoms with E-state index in [-0.39, 0.29) is 12.5 Å². The average Bonchev–Trinajstić information content (AvgIpc) is 2.40. The van der Waals surface area contributed by atoms with Crippen LogP contribution in [0.25, 0.3) is 0 Å². The molecule has 1 N–H and O–H groups in total. The van der Waals surface area contributed by atoms with Crippen molar-refractivity contribution in [3.05, 3.63) is 11.7 Å². The van der Waals surface area contributed by atoms with Crippen molar-refractivity contribution in [1.29, 1.82) is 0 Å². The second-order valence-electron chi connectivity index (χ2n) is 1.39. The molecule has 0 aliphatic heterocycles. The number of terminal acetylenes is 1. The van der Waals surface area contributed by atoms with Crippen LogP contribution < -0.4 is 0 Å². The molecule has 0 aliphatic carbocycles. The molecule has 4 heteroatoms. The maximum Gasteiger partial charge on any atom is 0.252 e. The summed E-state index contributed by atoms with van der Waals surface area (Å²) >= 11 is 0. The lowest BCUT2D eigenvalue weighted by atomic mass is 10.7. The van der Waals surface area contributed by atoms with Gasteiger partial charge in [0.2, 0.25) is 0 Å². The highest BCUT2D eigenvalue weighted by Gasteiger charge is 1.96. The minimum atomic E-state index is -0.180. The Morgan fingerprint density at radius 2 is 2.20 bits per heavy atom. The summed E-state index contributed by atoms with van der Waals surface area (Å²) in [7, 11) is 0. The molecule has 10 heavy (non-hydrogen) atoms. The van der Waals surface area contributed by atoms with Gasteiger partial charge in [0.25, 0.3) is 5.89 Å². The number of aromatic nitrogens is 2. The third-order valence-corrected chi connectivity index (χ3v) is 0.705. The van der Waals surface area contributed by atoms with Crippen LogP contribution in [0.3, 0.4) is 0 Å². The normalized spacial score (nSPS) is 8.00. The van der Waals surface area contributed by atoms with E-state index in [9.17, 15) is 0 Å². The van der Waals surface area contributed by atoms with Gasteiger partial charge in [-0.2, -0.15) is 4.98 Å². The molecule has 1 heterocycles. The topological polar surface area (TPSA) is 59.2 Å². The van der Waals surface area contributed by atoms with Crippen molar-refractivity contribution in [3.63, 3.8) is 0 Å². The van der Waals surface area contributed by atoms with Gasteiger partial charge >= 0.3 is 0 Å². The van der Waals surface area contributed by atoms with Gasteiger partial charge in [0.1, 0.15) is 6.61 Å². The Kier molecular flexibility index (Phi) is 3.92. The number of hydrogen-bond acceptors (Lipinski definition) is 4. The lowest BCUT2D eigenvalue weighted by Gasteiger charge is -1.75. The molecule has 1 rings (SSSR count). The van der Waals surface area contributed by atoms with Gasteiger partial charge in [0.15, 0.2) is 5.82 Å². The Labute approximate surface area is 58.9 Å². The molecule has 0 saturated carbocycles. The minimum Gasteiger partial charge on any atom is -0.387 e. The predicted octanol–water partition coefficient (Wildman–Crippen LogP) is 0.120. The average molecular weight is 140 g/mol. The molecule has 0 fully saturated rings. The Balaban J connectivity index is 0.000000371. The molecular formula is C6H8N2O2. The lowest BCUT2D eigenvalue weighted by molar-refractivity contribution is 0.222. The van der Waals surface area contributed by atoms with Crippen LogP contribution in [-0.2, 0) is 6.61 Å². The minimum absolute atomic E-state index is 0.180. The summed E-state index contributed by atoms with van der Waals surface area (Å²) < 4.78 is 4.50. The van der Waals surface area contributed by atoms with Crippen molar-refractivity contribution in [1.82, 2.24) is 10.1 Å². The number of aliphatic hydroxyl groups is 1. The SMILES string of the molecule is C#C.Cc1noc(CO)n1. The highest BCUT2D eigenvalue weighted by atomic mass is 16.5. The molecule has 1 aromatic heterocycles. The highest BCUT2D eigenvalue weighted by molar-refractivity contribution is 4.79. The smallest absolute Gasteiger partial charge is 0.252 e. The molecule has 0 bridgehead atoms. The van der Waals surface area contributed by atoms with Crippen molar-refractivity contribution in [2.75, 3.05) is 0 Å². The quantitative estimate of drug-likeness (QED) is 0.563. The van der Waals surface area contributed by atoms with Gasteiger partial charge in [0.05, 0.1) is 0 Å². The van der Waals surface area contributed by atoms with E-state index in [2.05, 4.69) is 27.5 Å². The molecule has 0 aromatic carbocycles. The second-order valence-corrected chi connectivity index (χ2v) is 1.39. The molecule has 0 atom stereocenters. The van der Waals surface area contributed by atoms with E-state index in [1.807, 2.05) is 0 Å². The van der Waals surface area contributed by atoms with Gasteiger partial charge < -0.3 is 9.63 Å². The summed E-state index contributed by atoms with van der Waals surface area (Å²) in [5.74, 6) is 0.816. The third-order valence-electron chi connectivity index (χ3n) is 0.705. The van der Waals surface area contributed by atoms with Crippen LogP contribution in [0.4, 0.5) is 0 Å². The summed E-state index contributed by atoms with van der Waals surface area (Å²) in [6.45, 7) is 1.52. The zero-order valence-corrected chi connectivity index (χ0v) is 5.61. The van der Waals surface area contributed by atoms with E-state index in [1.165, 1.54) is 0 Å². The van der Waals surface area contributed by atoms with E-state index in [1.54, 1.807) is 6.92 Å². The molecule has 0 spiro atoms. The van der Waals surface area contributed by atoms with Crippen LogP contribution in [0, 0.1) is 19.8 Å². The predicted molar refractivity (Wildman–Crippen MR) is 34.8 cm³/mol. The van der Waals surface area contributed by atoms with Crippen molar-refractivity contribution in [2.24, 2.45) is 0 Å². The number of hydrogen-bond donors (Lipinski definition) is 1. The van der Waals surface area contributed by atoms with Crippen molar-refractivity contribution >= 4 is 0 Å². The number of nitrogens with zero attached hydrogens (tertiary/aromatic N) is 2. The highest BCUT2D eigenvalue weighted by Crippen LogP contribution is 1.92. The van der Waals surface area contributed by atoms with Gasteiger partial charge in [-0.3, -0.25) is 0 Å². The van der Waals surface area contributed by atoms with E-state index in [0.717, 1.165) is 0 Å².